The molecular weight excluding hydrogens is 482 g/mol. The first-order chi connectivity index (χ1) is 16.9. The molecule has 1 saturated heterocycles. The van der Waals surface area contributed by atoms with Crippen LogP contribution in [0.15, 0.2) is 24.4 Å². The van der Waals surface area contributed by atoms with Crippen molar-refractivity contribution in [3.8, 4) is 5.75 Å². The molecule has 2 fully saturated rings. The summed E-state index contributed by atoms with van der Waals surface area (Å²) in [5.74, 6) is 1.71. The molecule has 6 nitrogen and oxygen atoms in total. The van der Waals surface area contributed by atoms with Crippen molar-refractivity contribution in [3.05, 3.63) is 35.0 Å². The van der Waals surface area contributed by atoms with E-state index in [0.29, 0.717) is 10.9 Å². The minimum absolute atomic E-state index is 0.162. The van der Waals surface area contributed by atoms with E-state index in [1.54, 1.807) is 13.3 Å². The molecule has 4 rings (SSSR count). The number of thioether (sulfide) groups is 1. The molecule has 2 aliphatic rings. The molecule has 0 spiro atoms. The lowest BCUT2D eigenvalue weighted by Gasteiger charge is -2.38. The Labute approximate surface area is 217 Å². The molecular formula is C27H38ClN3O3S. The van der Waals surface area contributed by atoms with Crippen LogP contribution in [0.1, 0.15) is 63.0 Å². The van der Waals surface area contributed by atoms with Gasteiger partial charge in [-0.1, -0.05) is 24.4 Å². The fourth-order valence-corrected chi connectivity index (χ4v) is 7.46. The molecule has 2 aromatic rings. The molecule has 1 aromatic heterocycles. The molecule has 0 amide bonds. The Morgan fingerprint density at radius 3 is 2.86 bits per heavy atom. The Balaban J connectivity index is 1.37. The molecule has 1 aliphatic carbocycles. The van der Waals surface area contributed by atoms with E-state index in [9.17, 15) is 9.90 Å². The Morgan fingerprint density at radius 2 is 2.11 bits per heavy atom. The van der Waals surface area contributed by atoms with E-state index in [1.165, 1.54) is 25.7 Å². The second kappa shape index (κ2) is 12.6. The summed E-state index contributed by atoms with van der Waals surface area (Å²) < 4.78 is 5.40. The highest BCUT2D eigenvalue weighted by Gasteiger charge is 2.31. The number of halogens is 1. The largest absolute Gasteiger partial charge is 0.497 e. The van der Waals surface area contributed by atoms with Crippen LogP contribution in [0, 0.1) is 11.8 Å². The van der Waals surface area contributed by atoms with E-state index in [4.69, 9.17) is 22.1 Å². The normalized spacial score (nSPS) is 22.5. The molecule has 1 aromatic carbocycles. The van der Waals surface area contributed by atoms with Crippen LogP contribution in [0.3, 0.4) is 0 Å². The summed E-state index contributed by atoms with van der Waals surface area (Å²) >= 11 is 8.67. The Morgan fingerprint density at radius 1 is 1.31 bits per heavy atom. The van der Waals surface area contributed by atoms with Gasteiger partial charge in [-0.3, -0.25) is 9.78 Å². The topological polar surface area (TPSA) is 88.7 Å². The van der Waals surface area contributed by atoms with Gasteiger partial charge in [0.2, 0.25) is 0 Å². The molecule has 3 atom stereocenters. The fraction of sp³-hybridized carbons (Fsp3) is 0.630. The van der Waals surface area contributed by atoms with Crippen molar-refractivity contribution < 1.29 is 14.6 Å². The summed E-state index contributed by atoms with van der Waals surface area (Å²) in [6.45, 7) is 2.97. The monoisotopic (exact) mass is 519 g/mol. The third kappa shape index (κ3) is 7.03. The number of aromatic nitrogens is 1. The van der Waals surface area contributed by atoms with Crippen molar-refractivity contribution in [1.29, 1.82) is 0 Å². The van der Waals surface area contributed by atoms with Crippen molar-refractivity contribution in [2.45, 2.75) is 62.7 Å². The number of carboxylic acid groups (broad SMARTS) is 1. The molecule has 1 aliphatic heterocycles. The SMILES string of the molecule is COc1ccc2ncc(Cl)c([C@@H](N)CC[C@@H]3CCN(CCSC4CCCC4)C[C@H]3CC(=O)O)c2c1. The van der Waals surface area contributed by atoms with Crippen molar-refractivity contribution in [3.63, 3.8) is 0 Å². The van der Waals surface area contributed by atoms with Gasteiger partial charge < -0.3 is 20.5 Å². The van der Waals surface area contributed by atoms with Gasteiger partial charge in [0.1, 0.15) is 5.75 Å². The Hall–Kier alpha value is -1.54. The molecule has 192 valence electrons. The Bertz CT molecular complexity index is 1000. The maximum atomic E-state index is 11.6. The number of methoxy groups -OCH3 is 1. The molecule has 2 heterocycles. The molecule has 35 heavy (non-hydrogen) atoms. The lowest BCUT2D eigenvalue weighted by atomic mass is 9.79. The van der Waals surface area contributed by atoms with Crippen LogP contribution < -0.4 is 10.5 Å². The molecule has 0 unspecified atom stereocenters. The third-order valence-corrected chi connectivity index (χ3v) is 9.43. The van der Waals surface area contributed by atoms with Crippen molar-refractivity contribution in [1.82, 2.24) is 9.88 Å². The number of nitrogens with zero attached hydrogens (tertiary/aromatic N) is 2. The molecule has 0 bridgehead atoms. The van der Waals surface area contributed by atoms with Crippen LogP contribution in [0.2, 0.25) is 5.02 Å². The summed E-state index contributed by atoms with van der Waals surface area (Å²) in [5, 5.41) is 11.9. The van der Waals surface area contributed by atoms with Crippen LogP contribution in [0.4, 0.5) is 0 Å². The van der Waals surface area contributed by atoms with Crippen LogP contribution >= 0.6 is 23.4 Å². The number of benzene rings is 1. The fourth-order valence-electron chi connectivity index (χ4n) is 5.81. The number of pyridine rings is 1. The number of ether oxygens (including phenoxy) is 1. The quantitative estimate of drug-likeness (QED) is 0.389. The highest BCUT2D eigenvalue weighted by molar-refractivity contribution is 7.99. The maximum Gasteiger partial charge on any atom is 0.303 e. The molecule has 1 saturated carbocycles. The van der Waals surface area contributed by atoms with Crippen molar-refractivity contribution in [2.24, 2.45) is 17.6 Å². The third-order valence-electron chi connectivity index (χ3n) is 7.76. The molecule has 8 heteroatoms. The smallest absolute Gasteiger partial charge is 0.303 e. The number of carboxylic acids is 1. The number of hydrogen-bond donors (Lipinski definition) is 2. The van der Waals surface area contributed by atoms with Gasteiger partial charge >= 0.3 is 5.97 Å². The first-order valence-corrected chi connectivity index (χ1v) is 14.3. The minimum Gasteiger partial charge on any atom is -0.497 e. The number of aliphatic carboxylic acids is 1. The first kappa shape index (κ1) is 26.5. The number of fused-ring (bicyclic) bond motifs is 1. The summed E-state index contributed by atoms with van der Waals surface area (Å²) in [4.78, 5) is 18.5. The van der Waals surface area contributed by atoms with Gasteiger partial charge in [0.25, 0.3) is 0 Å². The summed E-state index contributed by atoms with van der Waals surface area (Å²) in [6.07, 6.45) is 10.0. The van der Waals surface area contributed by atoms with Crippen LogP contribution in [-0.4, -0.2) is 58.7 Å². The van der Waals surface area contributed by atoms with E-state index in [2.05, 4.69) is 21.6 Å². The van der Waals surface area contributed by atoms with Gasteiger partial charge in [-0.15, -0.1) is 0 Å². The van der Waals surface area contributed by atoms with Gasteiger partial charge in [-0.05, 0) is 74.2 Å². The second-order valence-corrected chi connectivity index (χ2v) is 11.9. The van der Waals surface area contributed by atoms with E-state index in [0.717, 1.165) is 72.1 Å². The molecule has 3 N–H and O–H groups in total. The predicted molar refractivity (Wildman–Crippen MR) is 144 cm³/mol. The van der Waals surface area contributed by atoms with Gasteiger partial charge in [-0.25, -0.2) is 0 Å². The van der Waals surface area contributed by atoms with Gasteiger partial charge in [0.05, 0.1) is 17.6 Å². The van der Waals surface area contributed by atoms with Gasteiger partial charge in [-0.2, -0.15) is 11.8 Å². The number of likely N-dealkylation sites (tertiary alicyclic amines) is 1. The van der Waals surface area contributed by atoms with Crippen LogP contribution in [-0.2, 0) is 4.79 Å². The molecule has 0 radical (unpaired) electrons. The van der Waals surface area contributed by atoms with E-state index < -0.39 is 5.97 Å². The van der Waals surface area contributed by atoms with Crippen molar-refractivity contribution >= 4 is 40.2 Å². The lowest BCUT2D eigenvalue weighted by Crippen LogP contribution is -2.42. The number of rotatable bonds is 11. The van der Waals surface area contributed by atoms with E-state index in [-0.39, 0.29) is 18.4 Å². The highest BCUT2D eigenvalue weighted by atomic mass is 35.5. The zero-order valence-electron chi connectivity index (χ0n) is 20.6. The predicted octanol–water partition coefficient (Wildman–Crippen LogP) is 5.77. The lowest BCUT2D eigenvalue weighted by molar-refractivity contribution is -0.139. The number of carbonyl (C=O) groups is 1. The number of hydrogen-bond acceptors (Lipinski definition) is 6. The van der Waals surface area contributed by atoms with Crippen LogP contribution in [0.5, 0.6) is 5.75 Å². The second-order valence-electron chi connectivity index (χ2n) is 10.1. The average molecular weight is 520 g/mol. The zero-order valence-corrected chi connectivity index (χ0v) is 22.2. The maximum absolute atomic E-state index is 11.6. The summed E-state index contributed by atoms with van der Waals surface area (Å²) in [7, 11) is 1.64. The van der Waals surface area contributed by atoms with E-state index >= 15 is 0 Å². The van der Waals surface area contributed by atoms with Gasteiger partial charge in [0.15, 0.2) is 0 Å². The van der Waals surface area contributed by atoms with Crippen molar-refractivity contribution in [2.75, 3.05) is 32.5 Å². The summed E-state index contributed by atoms with van der Waals surface area (Å²) in [6, 6.07) is 5.50. The number of piperidine rings is 1. The highest BCUT2D eigenvalue weighted by Crippen LogP contribution is 2.37. The van der Waals surface area contributed by atoms with Crippen LogP contribution in [0.25, 0.3) is 10.9 Å². The zero-order chi connectivity index (χ0) is 24.8. The Kier molecular flexibility index (Phi) is 9.56. The number of nitrogens with two attached hydrogens (primary N) is 1. The summed E-state index contributed by atoms with van der Waals surface area (Å²) in [5.41, 5.74) is 8.42. The minimum atomic E-state index is -0.707. The average Bonchev–Trinajstić information content (AvgIpc) is 3.36. The first-order valence-electron chi connectivity index (χ1n) is 12.9. The van der Waals surface area contributed by atoms with Gasteiger partial charge in [0, 0.05) is 48.1 Å². The standard InChI is InChI=1S/C27H38ClN3O3S/c1-34-20-7-9-25-22(15-20)27(23(28)16-30-25)24(29)8-6-18-10-11-31(17-19(18)14-26(32)33)12-13-35-21-4-2-3-5-21/h7,9,15-16,18-19,21,24H,2-6,8,10-14,17,29H2,1H3,(H,32,33)/t18-,19-,24+/m1/s1. The van der Waals surface area contributed by atoms with E-state index in [1.807, 2.05) is 18.2 Å².